The molecule has 8 nitrogen and oxygen atoms in total. The highest BCUT2D eigenvalue weighted by Crippen LogP contribution is 2.26. The lowest BCUT2D eigenvalue weighted by Crippen LogP contribution is -2.54. The number of fused-ring (bicyclic) bond motifs is 1. The van der Waals surface area contributed by atoms with Crippen molar-refractivity contribution in [3.8, 4) is 0 Å². The van der Waals surface area contributed by atoms with Crippen LogP contribution in [0.2, 0.25) is 0 Å². The number of nitrogens with one attached hydrogen (secondary N) is 1. The van der Waals surface area contributed by atoms with Gasteiger partial charge in [0.1, 0.15) is 18.0 Å². The maximum atomic E-state index is 13.1. The van der Waals surface area contributed by atoms with Crippen LogP contribution in [0.1, 0.15) is 54.5 Å². The fourth-order valence-electron chi connectivity index (χ4n) is 4.22. The molecule has 1 atom stereocenters. The molecule has 0 saturated carbocycles. The van der Waals surface area contributed by atoms with Gasteiger partial charge in [0.15, 0.2) is 0 Å². The molecule has 3 aromatic rings. The number of benzene rings is 1. The molecule has 0 spiro atoms. The predicted molar refractivity (Wildman–Crippen MR) is 120 cm³/mol. The van der Waals surface area contributed by atoms with E-state index in [1.807, 2.05) is 25.1 Å². The molecule has 8 heteroatoms. The highest BCUT2D eigenvalue weighted by Gasteiger charge is 2.36. The monoisotopic (exact) mass is 422 g/mol. The molecular weight excluding hydrogens is 392 g/mol. The third-order valence-corrected chi connectivity index (χ3v) is 5.84. The molecular formula is C23H30N6O2. The lowest BCUT2D eigenvalue weighted by molar-refractivity contribution is -0.000136. The van der Waals surface area contributed by atoms with E-state index in [-0.39, 0.29) is 18.4 Å². The Balaban J connectivity index is 1.48. The summed E-state index contributed by atoms with van der Waals surface area (Å²) in [5.41, 5.74) is 2.18. The lowest BCUT2D eigenvalue weighted by Gasteiger charge is -2.41. The summed E-state index contributed by atoms with van der Waals surface area (Å²) in [6.07, 6.45) is 3.02. The molecule has 1 aliphatic rings. The third kappa shape index (κ3) is 4.54. The van der Waals surface area contributed by atoms with E-state index < -0.39 is 5.60 Å². The predicted octanol–water partition coefficient (Wildman–Crippen LogP) is 2.89. The van der Waals surface area contributed by atoms with E-state index in [4.69, 9.17) is 0 Å². The van der Waals surface area contributed by atoms with Crippen molar-refractivity contribution in [1.82, 2.24) is 24.8 Å². The first kappa shape index (κ1) is 21.2. The van der Waals surface area contributed by atoms with Crippen LogP contribution in [-0.2, 0) is 0 Å². The van der Waals surface area contributed by atoms with Crippen molar-refractivity contribution < 1.29 is 9.90 Å². The maximum absolute atomic E-state index is 13.1. The van der Waals surface area contributed by atoms with Gasteiger partial charge in [-0.2, -0.15) is 0 Å². The smallest absolute Gasteiger partial charge is 0.253 e. The van der Waals surface area contributed by atoms with Gasteiger partial charge < -0.3 is 19.9 Å². The normalized spacial score (nSPS) is 19.2. The van der Waals surface area contributed by atoms with E-state index in [1.165, 1.54) is 0 Å². The number of carbonyl (C=O) groups excluding carboxylic acids is 1. The van der Waals surface area contributed by atoms with Crippen molar-refractivity contribution in [2.75, 3.05) is 31.6 Å². The number of amides is 1. The number of nitrogens with zero attached hydrogens (tertiary/aromatic N) is 5. The van der Waals surface area contributed by atoms with E-state index in [2.05, 4.69) is 38.7 Å². The van der Waals surface area contributed by atoms with Crippen molar-refractivity contribution in [1.29, 1.82) is 0 Å². The molecule has 0 bridgehead atoms. The average Bonchev–Trinajstić information content (AvgIpc) is 3.16. The van der Waals surface area contributed by atoms with Crippen LogP contribution in [-0.4, -0.2) is 68.1 Å². The van der Waals surface area contributed by atoms with Crippen molar-refractivity contribution in [3.63, 3.8) is 0 Å². The number of aromatic nitrogens is 4. The number of aryl methyl sites for hydroxylation is 1. The number of β-amino-alcohol motifs (C(OH)–C–C–N with tert-alkyl or cyclic N) is 1. The molecule has 3 heterocycles. The third-order valence-electron chi connectivity index (χ3n) is 5.84. The molecule has 2 N–H and O–H groups in total. The highest BCUT2D eigenvalue weighted by molar-refractivity contribution is 5.97. The van der Waals surface area contributed by atoms with E-state index in [0.717, 1.165) is 41.3 Å². The fraction of sp³-hybridized carbons (Fsp3) is 0.478. The van der Waals surface area contributed by atoms with Gasteiger partial charge in [-0.25, -0.2) is 15.0 Å². The van der Waals surface area contributed by atoms with Gasteiger partial charge in [0.05, 0.1) is 23.2 Å². The molecule has 1 aromatic carbocycles. The van der Waals surface area contributed by atoms with Crippen LogP contribution in [0.3, 0.4) is 0 Å². The van der Waals surface area contributed by atoms with Crippen LogP contribution in [0.15, 0.2) is 30.6 Å². The summed E-state index contributed by atoms with van der Waals surface area (Å²) in [6, 6.07) is 7.43. The number of imidazole rings is 1. The van der Waals surface area contributed by atoms with Crippen molar-refractivity contribution in [2.24, 2.45) is 0 Å². The number of rotatable bonds is 5. The maximum Gasteiger partial charge on any atom is 0.253 e. The number of H-pyrrole nitrogens is 1. The molecule has 164 valence electrons. The Morgan fingerprint density at radius 3 is 2.87 bits per heavy atom. The highest BCUT2D eigenvalue weighted by atomic mass is 16.3. The summed E-state index contributed by atoms with van der Waals surface area (Å²) in [5.74, 6) is 1.89. The van der Waals surface area contributed by atoms with Gasteiger partial charge in [-0.15, -0.1) is 0 Å². The molecule has 1 aliphatic heterocycles. The van der Waals surface area contributed by atoms with Gasteiger partial charge in [-0.05, 0) is 38.0 Å². The molecule has 0 unspecified atom stereocenters. The molecule has 0 radical (unpaired) electrons. The Bertz CT molecular complexity index is 1090. The molecule has 1 amide bonds. The van der Waals surface area contributed by atoms with E-state index >= 15 is 0 Å². The van der Waals surface area contributed by atoms with Gasteiger partial charge >= 0.3 is 0 Å². The zero-order valence-corrected chi connectivity index (χ0v) is 18.6. The van der Waals surface area contributed by atoms with E-state index in [1.54, 1.807) is 24.3 Å². The summed E-state index contributed by atoms with van der Waals surface area (Å²) >= 11 is 0. The summed E-state index contributed by atoms with van der Waals surface area (Å²) in [7, 11) is 1.74. The minimum Gasteiger partial charge on any atom is -0.386 e. The zero-order valence-electron chi connectivity index (χ0n) is 18.6. The minimum atomic E-state index is -0.996. The van der Waals surface area contributed by atoms with Gasteiger partial charge in [-0.3, -0.25) is 4.79 Å². The van der Waals surface area contributed by atoms with Gasteiger partial charge in [0.25, 0.3) is 5.91 Å². The van der Waals surface area contributed by atoms with Crippen LogP contribution in [0.5, 0.6) is 0 Å². The second-order valence-electron chi connectivity index (χ2n) is 8.94. The number of likely N-dealkylation sites (N-methyl/N-ethyl adjacent to an activating group) is 1. The number of aromatic amines is 1. The number of hydrogen-bond acceptors (Lipinski definition) is 6. The van der Waals surface area contributed by atoms with E-state index in [0.29, 0.717) is 18.5 Å². The van der Waals surface area contributed by atoms with E-state index in [9.17, 15) is 9.90 Å². The Morgan fingerprint density at radius 2 is 2.13 bits per heavy atom. The average molecular weight is 423 g/mol. The summed E-state index contributed by atoms with van der Waals surface area (Å²) in [4.78, 5) is 33.1. The van der Waals surface area contributed by atoms with Crippen LogP contribution < -0.4 is 4.90 Å². The first-order valence-corrected chi connectivity index (χ1v) is 10.8. The minimum absolute atomic E-state index is 0.119. The molecule has 1 fully saturated rings. The van der Waals surface area contributed by atoms with Crippen molar-refractivity contribution in [2.45, 2.75) is 45.1 Å². The van der Waals surface area contributed by atoms with Crippen LogP contribution in [0.4, 0.5) is 5.82 Å². The standard InChI is InChI=1S/C23H30N6O2/c1-15(2)21-26-18-7-6-17(11-19(18)27-21)22(30)28(4)12-23(31)8-5-9-29(13-23)20-10-16(3)24-14-25-20/h6-7,10-11,14-15,31H,5,8-9,12-13H2,1-4H3,(H,26,27)/t23-/m1/s1. The number of hydrogen-bond donors (Lipinski definition) is 2. The second kappa shape index (κ2) is 8.26. The lowest BCUT2D eigenvalue weighted by atomic mass is 9.92. The van der Waals surface area contributed by atoms with Crippen molar-refractivity contribution in [3.05, 3.63) is 47.7 Å². The molecule has 4 rings (SSSR count). The van der Waals surface area contributed by atoms with Crippen LogP contribution in [0.25, 0.3) is 11.0 Å². The number of carbonyl (C=O) groups is 1. The first-order chi connectivity index (χ1) is 14.7. The van der Waals surface area contributed by atoms with Gasteiger partial charge in [-0.1, -0.05) is 13.8 Å². The van der Waals surface area contributed by atoms with Gasteiger partial charge in [0.2, 0.25) is 0 Å². The largest absolute Gasteiger partial charge is 0.386 e. The fourth-order valence-corrected chi connectivity index (χ4v) is 4.22. The Morgan fingerprint density at radius 1 is 1.32 bits per heavy atom. The van der Waals surface area contributed by atoms with Gasteiger partial charge in [0, 0.05) is 43.4 Å². The van der Waals surface area contributed by atoms with Crippen LogP contribution in [0, 0.1) is 6.92 Å². The Kier molecular flexibility index (Phi) is 5.66. The summed E-state index contributed by atoms with van der Waals surface area (Å²) in [5, 5.41) is 11.3. The number of aliphatic hydroxyl groups is 1. The van der Waals surface area contributed by atoms with Crippen LogP contribution >= 0.6 is 0 Å². The second-order valence-corrected chi connectivity index (χ2v) is 8.94. The Hall–Kier alpha value is -3.00. The quantitative estimate of drug-likeness (QED) is 0.656. The number of anilines is 1. The summed E-state index contributed by atoms with van der Waals surface area (Å²) in [6.45, 7) is 7.59. The molecule has 1 saturated heterocycles. The Labute approximate surface area is 182 Å². The molecule has 0 aliphatic carbocycles. The number of piperidine rings is 1. The zero-order chi connectivity index (χ0) is 22.2. The first-order valence-electron chi connectivity index (χ1n) is 10.8. The summed E-state index contributed by atoms with van der Waals surface area (Å²) < 4.78 is 0. The SMILES string of the molecule is Cc1cc(N2CCC[C@@](O)(CN(C)C(=O)c3ccc4nc(C(C)C)[nH]c4c3)C2)ncn1. The van der Waals surface area contributed by atoms with Crippen molar-refractivity contribution >= 4 is 22.8 Å². The topological polar surface area (TPSA) is 98.2 Å². The molecule has 2 aromatic heterocycles. The molecule has 31 heavy (non-hydrogen) atoms.